The highest BCUT2D eigenvalue weighted by Gasteiger charge is 2.08. The van der Waals surface area contributed by atoms with Gasteiger partial charge in [0.1, 0.15) is 11.6 Å². The Morgan fingerprint density at radius 2 is 1.95 bits per heavy atom. The standard InChI is InChI=1S/C15H18FN3/c1-10-6-12(4-5-14(10)16)9-19(3)15-11(2)7-13(17)8-18-15/h4-8H,9,17H2,1-3H3. The third-order valence-electron chi connectivity index (χ3n) is 3.08. The lowest BCUT2D eigenvalue weighted by Gasteiger charge is -2.20. The molecule has 2 rings (SSSR count). The van der Waals surface area contributed by atoms with Crippen molar-refractivity contribution in [3.8, 4) is 0 Å². The summed E-state index contributed by atoms with van der Waals surface area (Å²) in [5, 5.41) is 0. The van der Waals surface area contributed by atoms with Crippen LogP contribution in [0.4, 0.5) is 15.9 Å². The number of hydrogen-bond donors (Lipinski definition) is 1. The maximum Gasteiger partial charge on any atom is 0.131 e. The summed E-state index contributed by atoms with van der Waals surface area (Å²) >= 11 is 0. The zero-order valence-corrected chi connectivity index (χ0v) is 11.4. The molecule has 0 atom stereocenters. The van der Waals surface area contributed by atoms with Crippen molar-refractivity contribution in [2.24, 2.45) is 0 Å². The van der Waals surface area contributed by atoms with E-state index in [1.54, 1.807) is 19.2 Å². The summed E-state index contributed by atoms with van der Waals surface area (Å²) in [6.07, 6.45) is 1.65. The fourth-order valence-electron chi connectivity index (χ4n) is 2.14. The highest BCUT2D eigenvalue weighted by molar-refractivity contribution is 5.52. The number of pyridine rings is 1. The Morgan fingerprint density at radius 1 is 1.21 bits per heavy atom. The van der Waals surface area contributed by atoms with Crippen LogP contribution in [0.15, 0.2) is 30.5 Å². The number of aryl methyl sites for hydroxylation is 2. The Balaban J connectivity index is 2.20. The number of nitrogens with zero attached hydrogens (tertiary/aromatic N) is 2. The predicted octanol–water partition coefficient (Wildman–Crippen LogP) is 3.06. The molecule has 0 amide bonds. The molecular weight excluding hydrogens is 241 g/mol. The molecule has 0 radical (unpaired) electrons. The van der Waals surface area contributed by atoms with Gasteiger partial charge in [-0.3, -0.25) is 0 Å². The smallest absolute Gasteiger partial charge is 0.131 e. The first-order chi connectivity index (χ1) is 8.97. The molecule has 2 N–H and O–H groups in total. The van der Waals surface area contributed by atoms with Gasteiger partial charge in [-0.25, -0.2) is 9.37 Å². The Morgan fingerprint density at radius 3 is 2.58 bits per heavy atom. The van der Waals surface area contributed by atoms with Gasteiger partial charge in [-0.15, -0.1) is 0 Å². The third-order valence-corrected chi connectivity index (χ3v) is 3.08. The number of nitrogen functional groups attached to an aromatic ring is 1. The van der Waals surface area contributed by atoms with Crippen molar-refractivity contribution in [1.29, 1.82) is 0 Å². The fraction of sp³-hybridized carbons (Fsp3) is 0.267. The van der Waals surface area contributed by atoms with Crippen LogP contribution in [-0.4, -0.2) is 12.0 Å². The molecule has 0 fully saturated rings. The Labute approximate surface area is 112 Å². The van der Waals surface area contributed by atoms with Crippen molar-refractivity contribution in [2.75, 3.05) is 17.7 Å². The molecule has 0 aliphatic heterocycles. The van der Waals surface area contributed by atoms with Crippen molar-refractivity contribution in [1.82, 2.24) is 4.98 Å². The number of hydrogen-bond acceptors (Lipinski definition) is 3. The molecule has 0 spiro atoms. The van der Waals surface area contributed by atoms with Gasteiger partial charge in [-0.2, -0.15) is 0 Å². The topological polar surface area (TPSA) is 42.2 Å². The molecule has 19 heavy (non-hydrogen) atoms. The lowest BCUT2D eigenvalue weighted by molar-refractivity contribution is 0.617. The zero-order chi connectivity index (χ0) is 14.0. The zero-order valence-electron chi connectivity index (χ0n) is 11.4. The minimum atomic E-state index is -0.173. The molecular formula is C15H18FN3. The summed E-state index contributed by atoms with van der Waals surface area (Å²) < 4.78 is 13.2. The highest BCUT2D eigenvalue weighted by atomic mass is 19.1. The van der Waals surface area contributed by atoms with Crippen LogP contribution in [-0.2, 0) is 6.54 Å². The summed E-state index contributed by atoms with van der Waals surface area (Å²) in [4.78, 5) is 6.37. The first-order valence-electron chi connectivity index (χ1n) is 6.15. The maximum atomic E-state index is 13.2. The van der Waals surface area contributed by atoms with Gasteiger partial charge in [0.25, 0.3) is 0 Å². The van der Waals surface area contributed by atoms with Crippen LogP contribution in [0.2, 0.25) is 0 Å². The summed E-state index contributed by atoms with van der Waals surface area (Å²) in [5.41, 5.74) is 9.10. The molecule has 0 unspecified atom stereocenters. The van der Waals surface area contributed by atoms with Gasteiger partial charge in [0.15, 0.2) is 0 Å². The van der Waals surface area contributed by atoms with Gasteiger partial charge in [0.05, 0.1) is 11.9 Å². The first kappa shape index (κ1) is 13.3. The van der Waals surface area contributed by atoms with Gasteiger partial charge in [0, 0.05) is 13.6 Å². The van der Waals surface area contributed by atoms with Gasteiger partial charge in [0.2, 0.25) is 0 Å². The summed E-state index contributed by atoms with van der Waals surface area (Å²) in [5.74, 6) is 0.712. The van der Waals surface area contributed by atoms with E-state index in [1.165, 1.54) is 6.07 Å². The predicted molar refractivity (Wildman–Crippen MR) is 76.6 cm³/mol. The van der Waals surface area contributed by atoms with Crippen LogP contribution in [0.25, 0.3) is 0 Å². The molecule has 1 heterocycles. The van der Waals surface area contributed by atoms with E-state index in [4.69, 9.17) is 5.73 Å². The Hall–Kier alpha value is -2.10. The molecule has 2 aromatic rings. The molecule has 4 heteroatoms. The quantitative estimate of drug-likeness (QED) is 0.921. The molecule has 0 aliphatic rings. The molecule has 1 aromatic heterocycles. The van der Waals surface area contributed by atoms with Gasteiger partial charge < -0.3 is 10.6 Å². The minimum absolute atomic E-state index is 0.173. The second kappa shape index (κ2) is 5.26. The van der Waals surface area contributed by atoms with Crippen molar-refractivity contribution in [3.05, 3.63) is 53.0 Å². The van der Waals surface area contributed by atoms with E-state index in [2.05, 4.69) is 4.98 Å². The molecule has 0 saturated heterocycles. The number of anilines is 2. The van der Waals surface area contributed by atoms with E-state index < -0.39 is 0 Å². The van der Waals surface area contributed by atoms with E-state index in [-0.39, 0.29) is 5.82 Å². The van der Waals surface area contributed by atoms with Gasteiger partial charge >= 0.3 is 0 Å². The largest absolute Gasteiger partial charge is 0.397 e. The summed E-state index contributed by atoms with van der Waals surface area (Å²) in [7, 11) is 1.96. The first-order valence-corrected chi connectivity index (χ1v) is 6.15. The average molecular weight is 259 g/mol. The van der Waals surface area contributed by atoms with Crippen LogP contribution in [0.5, 0.6) is 0 Å². The number of rotatable bonds is 3. The van der Waals surface area contributed by atoms with Gasteiger partial charge in [-0.05, 0) is 42.7 Å². The normalized spacial score (nSPS) is 10.5. The number of halogens is 1. The summed E-state index contributed by atoms with van der Waals surface area (Å²) in [6, 6.07) is 7.06. The molecule has 3 nitrogen and oxygen atoms in total. The van der Waals surface area contributed by atoms with Crippen LogP contribution < -0.4 is 10.6 Å². The molecule has 0 bridgehead atoms. The molecule has 1 aromatic carbocycles. The van der Waals surface area contributed by atoms with Crippen molar-refractivity contribution < 1.29 is 4.39 Å². The van der Waals surface area contributed by atoms with Crippen LogP contribution in [0, 0.1) is 19.7 Å². The monoisotopic (exact) mass is 259 g/mol. The van der Waals surface area contributed by atoms with E-state index >= 15 is 0 Å². The van der Waals surface area contributed by atoms with Crippen molar-refractivity contribution in [2.45, 2.75) is 20.4 Å². The lowest BCUT2D eigenvalue weighted by atomic mass is 10.1. The van der Waals surface area contributed by atoms with Crippen molar-refractivity contribution >= 4 is 11.5 Å². The lowest BCUT2D eigenvalue weighted by Crippen LogP contribution is -2.19. The Kier molecular flexibility index (Phi) is 3.69. The highest BCUT2D eigenvalue weighted by Crippen LogP contribution is 2.20. The molecule has 100 valence electrons. The summed E-state index contributed by atoms with van der Waals surface area (Å²) in [6.45, 7) is 4.43. The van der Waals surface area contributed by atoms with Crippen LogP contribution in [0.3, 0.4) is 0 Å². The average Bonchev–Trinajstić information content (AvgIpc) is 2.33. The fourth-order valence-corrected chi connectivity index (χ4v) is 2.14. The SMILES string of the molecule is Cc1cc(CN(C)c2ncc(N)cc2C)ccc1F. The second-order valence-electron chi connectivity index (χ2n) is 4.85. The minimum Gasteiger partial charge on any atom is -0.397 e. The molecule has 0 saturated carbocycles. The maximum absolute atomic E-state index is 13.2. The van der Waals surface area contributed by atoms with Crippen LogP contribution >= 0.6 is 0 Å². The number of benzene rings is 1. The van der Waals surface area contributed by atoms with E-state index in [9.17, 15) is 4.39 Å². The van der Waals surface area contributed by atoms with E-state index in [1.807, 2.05) is 31.0 Å². The molecule has 0 aliphatic carbocycles. The van der Waals surface area contributed by atoms with E-state index in [0.717, 1.165) is 16.9 Å². The van der Waals surface area contributed by atoms with E-state index in [0.29, 0.717) is 17.8 Å². The third kappa shape index (κ3) is 3.02. The second-order valence-corrected chi connectivity index (χ2v) is 4.85. The Bertz CT molecular complexity index is 596. The van der Waals surface area contributed by atoms with Crippen LogP contribution in [0.1, 0.15) is 16.7 Å². The number of aromatic nitrogens is 1. The van der Waals surface area contributed by atoms with Gasteiger partial charge in [-0.1, -0.05) is 12.1 Å². The number of nitrogens with two attached hydrogens (primary N) is 1. The van der Waals surface area contributed by atoms with Crippen molar-refractivity contribution in [3.63, 3.8) is 0 Å².